The molecule has 0 fully saturated rings. The predicted molar refractivity (Wildman–Crippen MR) is 49.8 cm³/mol. The molecule has 1 nitrogen and oxygen atoms in total. The first-order valence-corrected chi connectivity index (χ1v) is 3.46. The van der Waals surface area contributed by atoms with Gasteiger partial charge in [0.2, 0.25) is 0 Å². The normalized spacial score (nSPS) is 4.82. The third-order valence-electron chi connectivity index (χ3n) is 0.427. The summed E-state index contributed by atoms with van der Waals surface area (Å²) in [5.74, 6) is 0. The van der Waals surface area contributed by atoms with Crippen LogP contribution in [-0.4, -0.2) is 7.05 Å². The van der Waals surface area contributed by atoms with E-state index in [2.05, 4.69) is 24.6 Å². The fraction of sp³-hybridized carbons (Fsp3) is 0.556. The van der Waals surface area contributed by atoms with Crippen LogP contribution in [0.2, 0.25) is 0 Å². The monoisotopic (exact) mass is 326 g/mol. The van der Waals surface area contributed by atoms with Gasteiger partial charge in [0.1, 0.15) is 0 Å². The Morgan fingerprint density at radius 2 is 1.45 bits per heavy atom. The molecule has 0 bridgehead atoms. The maximum absolute atomic E-state index is 3.56. The van der Waals surface area contributed by atoms with Crippen molar-refractivity contribution in [1.29, 1.82) is 0 Å². The Kier molecular flexibility index (Phi) is 66.3. The largest absolute Gasteiger partial charge is 0.507 e. The summed E-state index contributed by atoms with van der Waals surface area (Å²) >= 11 is 0. The molecule has 2 heteroatoms. The molecule has 0 aromatic heterocycles. The van der Waals surface area contributed by atoms with E-state index in [0.29, 0.717) is 0 Å². The van der Waals surface area contributed by atoms with E-state index in [9.17, 15) is 0 Å². The quantitative estimate of drug-likeness (QED) is 0.731. The first-order chi connectivity index (χ1) is 4.68. The van der Waals surface area contributed by atoms with Gasteiger partial charge in [0, 0.05) is 28.1 Å². The topological polar surface area (TPSA) is 12.0 Å². The van der Waals surface area contributed by atoms with Crippen LogP contribution in [0, 0.1) is 6.08 Å². The fourth-order valence-corrected chi connectivity index (χ4v) is 0. The van der Waals surface area contributed by atoms with Crippen LogP contribution < -0.4 is 5.32 Å². The third-order valence-corrected chi connectivity index (χ3v) is 0.427. The van der Waals surface area contributed by atoms with Gasteiger partial charge in [-0.2, -0.15) is 6.92 Å². The molecule has 68 valence electrons. The van der Waals surface area contributed by atoms with Gasteiger partial charge < -0.3 is 11.4 Å². The van der Waals surface area contributed by atoms with Crippen LogP contribution in [0.4, 0.5) is 0 Å². The molecule has 0 saturated heterocycles. The van der Waals surface area contributed by atoms with Gasteiger partial charge in [0.05, 0.1) is 0 Å². The fourth-order valence-electron chi connectivity index (χ4n) is 0. The zero-order chi connectivity index (χ0) is 8.99. The molecule has 0 spiro atoms. The number of allylic oxidation sites excluding steroid dienone is 2. The Bertz CT molecular complexity index is 70.0. The van der Waals surface area contributed by atoms with Gasteiger partial charge in [0.15, 0.2) is 0 Å². The SMILES string of the molecule is C=C(C)NC.C=[C-]C.CC.[W]. The maximum atomic E-state index is 3.56. The zero-order valence-corrected chi connectivity index (χ0v) is 11.3. The average Bonchev–Trinajstić information content (AvgIpc) is 1.94. The van der Waals surface area contributed by atoms with Gasteiger partial charge in [0.25, 0.3) is 0 Å². The smallest absolute Gasteiger partial charge is 0.00299 e. The van der Waals surface area contributed by atoms with E-state index in [1.165, 1.54) is 0 Å². The molecule has 0 rings (SSSR count). The van der Waals surface area contributed by atoms with E-state index in [-0.39, 0.29) is 21.1 Å². The van der Waals surface area contributed by atoms with Crippen molar-refractivity contribution in [2.45, 2.75) is 27.7 Å². The molecule has 0 aromatic rings. The predicted octanol–water partition coefficient (Wildman–Crippen LogP) is 2.76. The molecule has 0 aliphatic rings. The van der Waals surface area contributed by atoms with Crippen molar-refractivity contribution in [3.8, 4) is 0 Å². The Morgan fingerprint density at radius 3 is 1.45 bits per heavy atom. The minimum atomic E-state index is 0. The van der Waals surface area contributed by atoms with Crippen molar-refractivity contribution in [2.24, 2.45) is 0 Å². The van der Waals surface area contributed by atoms with Gasteiger partial charge in [-0.1, -0.05) is 20.4 Å². The molecule has 0 aromatic carbocycles. The first-order valence-electron chi connectivity index (χ1n) is 3.46. The Balaban J connectivity index is -0.0000000360. The third kappa shape index (κ3) is 163. The summed E-state index contributed by atoms with van der Waals surface area (Å²) in [6.07, 6.45) is 2.50. The van der Waals surface area contributed by atoms with E-state index < -0.39 is 0 Å². The summed E-state index contributed by atoms with van der Waals surface area (Å²) < 4.78 is 0. The van der Waals surface area contributed by atoms with Crippen LogP contribution in [-0.2, 0) is 21.1 Å². The van der Waals surface area contributed by atoms with Gasteiger partial charge in [-0.25, -0.2) is 0 Å². The van der Waals surface area contributed by atoms with Crippen LogP contribution in [0.3, 0.4) is 0 Å². The van der Waals surface area contributed by atoms with Crippen molar-refractivity contribution in [1.82, 2.24) is 5.32 Å². The first kappa shape index (κ1) is 22.4. The summed E-state index contributed by atoms with van der Waals surface area (Å²) in [7, 11) is 1.85. The zero-order valence-electron chi connectivity index (χ0n) is 8.32. The van der Waals surface area contributed by atoms with Gasteiger partial charge in [-0.15, -0.1) is 0 Å². The van der Waals surface area contributed by atoms with Gasteiger partial charge in [-0.3, -0.25) is 6.58 Å². The number of hydrogen-bond donors (Lipinski definition) is 1. The van der Waals surface area contributed by atoms with Crippen molar-refractivity contribution in [3.63, 3.8) is 0 Å². The van der Waals surface area contributed by atoms with Gasteiger partial charge in [-0.05, 0) is 12.6 Å². The molecule has 0 amide bonds. The second kappa shape index (κ2) is 32.5. The maximum Gasteiger partial charge on any atom is 0.00299 e. The molecule has 1 N–H and O–H groups in total. The Morgan fingerprint density at radius 1 is 1.36 bits per heavy atom. The average molecular weight is 326 g/mol. The summed E-state index contributed by atoms with van der Waals surface area (Å²) in [6, 6.07) is 0. The van der Waals surface area contributed by atoms with E-state index in [0.717, 1.165) is 5.70 Å². The van der Waals surface area contributed by atoms with Crippen LogP contribution in [0.25, 0.3) is 0 Å². The summed E-state index contributed by atoms with van der Waals surface area (Å²) in [6.45, 7) is 14.5. The number of nitrogens with one attached hydrogen (secondary N) is 1. The number of hydrogen-bond acceptors (Lipinski definition) is 1. The minimum Gasteiger partial charge on any atom is -0.507 e. The van der Waals surface area contributed by atoms with Crippen molar-refractivity contribution in [2.75, 3.05) is 7.05 Å². The molecule has 0 aliphatic heterocycles. The summed E-state index contributed by atoms with van der Waals surface area (Å²) in [4.78, 5) is 0. The van der Waals surface area contributed by atoms with Crippen LogP contribution in [0.5, 0.6) is 0 Å². The second-order valence-corrected chi connectivity index (χ2v) is 1.38. The molecule has 0 heterocycles. The molecule has 11 heavy (non-hydrogen) atoms. The van der Waals surface area contributed by atoms with E-state index >= 15 is 0 Å². The van der Waals surface area contributed by atoms with Crippen LogP contribution in [0.1, 0.15) is 27.7 Å². The van der Waals surface area contributed by atoms with Crippen molar-refractivity contribution >= 4 is 0 Å². The standard InChI is InChI=1S/C4H9N.C3H5.C2H6.W/c1-4(2)5-3;1-3-2;1-2;/h5H,1H2,2-3H3;1H2,2H3;1-2H3;/q;-1;;. The Hall–Kier alpha value is -0.0317. The minimum absolute atomic E-state index is 0. The molecular weight excluding hydrogens is 306 g/mol. The van der Waals surface area contributed by atoms with Crippen molar-refractivity contribution < 1.29 is 21.1 Å². The molecular formula is C9H20NW-. The molecule has 0 radical (unpaired) electrons. The van der Waals surface area contributed by atoms with Crippen molar-refractivity contribution in [3.05, 3.63) is 24.9 Å². The van der Waals surface area contributed by atoms with E-state index in [1.807, 2.05) is 27.8 Å². The Labute approximate surface area is 86.2 Å². The molecule has 0 atom stereocenters. The molecule has 0 unspecified atom stereocenters. The second-order valence-electron chi connectivity index (χ2n) is 1.38. The van der Waals surface area contributed by atoms with E-state index in [4.69, 9.17) is 0 Å². The van der Waals surface area contributed by atoms with Crippen LogP contribution in [0.15, 0.2) is 18.9 Å². The van der Waals surface area contributed by atoms with E-state index in [1.54, 1.807) is 6.92 Å². The molecule has 0 aliphatic carbocycles. The number of rotatable bonds is 1. The summed E-state index contributed by atoms with van der Waals surface area (Å²) in [5, 5.41) is 2.83. The summed E-state index contributed by atoms with van der Waals surface area (Å²) in [5.41, 5.74) is 1.00. The van der Waals surface area contributed by atoms with Gasteiger partial charge >= 0.3 is 0 Å². The van der Waals surface area contributed by atoms with Crippen LogP contribution >= 0.6 is 0 Å². The molecule has 0 saturated carbocycles.